The van der Waals surface area contributed by atoms with Gasteiger partial charge in [-0.25, -0.2) is 0 Å². The van der Waals surface area contributed by atoms with Gasteiger partial charge in [-0.2, -0.15) is 0 Å². The summed E-state index contributed by atoms with van der Waals surface area (Å²) in [6, 6.07) is -0.647. The van der Waals surface area contributed by atoms with Gasteiger partial charge < -0.3 is 4.74 Å². The molecule has 2 aliphatic heterocycles. The van der Waals surface area contributed by atoms with Crippen LogP contribution in [0, 0.1) is 35.0 Å². The maximum absolute atomic E-state index is 12.6. The second-order valence-electron chi connectivity index (χ2n) is 7.82. The second kappa shape index (κ2) is 11.6. The molecule has 2 bridgehead atoms. The first-order valence-electron chi connectivity index (χ1n) is 10.2. The van der Waals surface area contributed by atoms with E-state index in [1.54, 1.807) is 0 Å². The van der Waals surface area contributed by atoms with Crippen LogP contribution >= 0.6 is 23.2 Å². The lowest BCUT2D eigenvalue weighted by Gasteiger charge is -2.47. The lowest BCUT2D eigenvalue weighted by atomic mass is 9.71. The van der Waals surface area contributed by atoms with Crippen molar-refractivity contribution >= 4 is 29.0 Å². The molecule has 1 aliphatic carbocycles. The van der Waals surface area contributed by atoms with Crippen LogP contribution in [0.1, 0.15) is 70.6 Å². The van der Waals surface area contributed by atoms with E-state index in [1.807, 2.05) is 0 Å². The fourth-order valence-electron chi connectivity index (χ4n) is 4.30. The van der Waals surface area contributed by atoms with Crippen molar-refractivity contribution in [2.45, 2.75) is 88.2 Å². The van der Waals surface area contributed by atoms with Crippen molar-refractivity contribution in [1.29, 1.82) is 0 Å². The smallest absolute Gasteiger partial charge is 0.213 e. The number of Topliss-reactive ketones (excluding diaryl/α,β-unsaturated/α-hetero) is 1. The molecule has 154 valence electrons. The first kappa shape index (κ1) is 22.9. The van der Waals surface area contributed by atoms with Crippen molar-refractivity contribution in [3.63, 3.8) is 0 Å². The number of nitro groups is 1. The number of halogens is 2. The molecule has 3 fully saturated rings. The summed E-state index contributed by atoms with van der Waals surface area (Å²) in [4.78, 5) is 23.7. The second-order valence-corrected chi connectivity index (χ2v) is 8.69. The molecule has 0 aromatic carbocycles. The van der Waals surface area contributed by atoms with Crippen molar-refractivity contribution in [2.75, 3.05) is 5.88 Å². The molecule has 7 heteroatoms. The molecule has 1 saturated carbocycles. The molecule has 0 amide bonds. The number of ether oxygens (including phenoxy) is 1. The zero-order valence-corrected chi connectivity index (χ0v) is 17.4. The van der Waals surface area contributed by atoms with Crippen LogP contribution in [-0.2, 0) is 9.53 Å². The van der Waals surface area contributed by atoms with Crippen LogP contribution in [-0.4, -0.2) is 34.1 Å². The third-order valence-corrected chi connectivity index (χ3v) is 6.88. The van der Waals surface area contributed by atoms with Gasteiger partial charge in [-0.05, 0) is 31.6 Å². The molecule has 3 aliphatic rings. The zero-order chi connectivity index (χ0) is 19.8. The number of carbonyl (C=O) groups is 1. The number of hydrogen-bond acceptors (Lipinski definition) is 4. The van der Waals surface area contributed by atoms with Crippen LogP contribution in [0.5, 0.6) is 0 Å². The molecule has 0 aromatic heterocycles. The minimum atomic E-state index is -0.647. The van der Waals surface area contributed by atoms with E-state index >= 15 is 0 Å². The van der Waals surface area contributed by atoms with Gasteiger partial charge in [-0.1, -0.05) is 32.6 Å². The molecule has 27 heavy (non-hydrogen) atoms. The van der Waals surface area contributed by atoms with Gasteiger partial charge in [0.05, 0.1) is 11.5 Å². The lowest BCUT2D eigenvalue weighted by Crippen LogP contribution is -2.48. The number of fused-ring (bicyclic) bond motifs is 3. The number of hydrogen-bond donors (Lipinski definition) is 0. The third-order valence-electron chi connectivity index (χ3n) is 5.91. The van der Waals surface area contributed by atoms with Crippen molar-refractivity contribution in [2.24, 2.45) is 11.8 Å². The first-order valence-corrected chi connectivity index (χ1v) is 11.1. The quantitative estimate of drug-likeness (QED) is 0.174. The Kier molecular flexibility index (Phi) is 9.81. The fraction of sp³-hybridized carbons (Fsp3) is 0.850. The van der Waals surface area contributed by atoms with E-state index in [0.717, 1.165) is 51.4 Å². The van der Waals surface area contributed by atoms with Crippen molar-refractivity contribution in [3.8, 4) is 0 Å². The number of unbranched alkanes of at least 4 members (excludes halogenated alkanes) is 4. The summed E-state index contributed by atoms with van der Waals surface area (Å²) in [5.74, 6) is 0.587. The van der Waals surface area contributed by atoms with E-state index in [9.17, 15) is 14.9 Å². The highest BCUT2D eigenvalue weighted by atomic mass is 35.5. The highest BCUT2D eigenvalue weighted by molar-refractivity contribution is 6.28. The SMILES string of the molecule is [CH2]CCCCCCC(CCC(=O)[C]1OC2CCC1CC2C(Cl)CCl)[N+](=O)[O-]. The largest absolute Gasteiger partial charge is 0.360 e. The monoisotopic (exact) mass is 419 g/mol. The van der Waals surface area contributed by atoms with Crippen LogP contribution in [0.3, 0.4) is 0 Å². The number of ketones is 1. The highest BCUT2D eigenvalue weighted by Crippen LogP contribution is 2.47. The molecular formula is C20H31Cl2NO4. The molecule has 2 saturated heterocycles. The third kappa shape index (κ3) is 6.57. The van der Waals surface area contributed by atoms with E-state index in [0.29, 0.717) is 18.4 Å². The predicted octanol–water partition coefficient (Wildman–Crippen LogP) is 5.35. The maximum atomic E-state index is 12.6. The van der Waals surface area contributed by atoms with E-state index in [4.69, 9.17) is 27.9 Å². The molecule has 2 heterocycles. The first-order chi connectivity index (χ1) is 13.0. The van der Waals surface area contributed by atoms with E-state index < -0.39 is 6.04 Å². The van der Waals surface area contributed by atoms with Gasteiger partial charge in [0, 0.05) is 36.0 Å². The Morgan fingerprint density at radius 3 is 2.59 bits per heavy atom. The minimum absolute atomic E-state index is 0.0467. The number of alkyl halides is 2. The van der Waals surface area contributed by atoms with Crippen LogP contribution in [0.4, 0.5) is 0 Å². The average Bonchev–Trinajstić information content (AvgIpc) is 2.69. The summed E-state index contributed by atoms with van der Waals surface area (Å²) in [6.45, 7) is 3.80. The van der Waals surface area contributed by atoms with E-state index in [1.165, 1.54) is 0 Å². The minimum Gasteiger partial charge on any atom is -0.360 e. The normalized spacial score (nSPS) is 27.4. The van der Waals surface area contributed by atoms with Gasteiger partial charge in [0.15, 0.2) is 11.9 Å². The molecule has 2 radical (unpaired) electrons. The highest BCUT2D eigenvalue weighted by Gasteiger charge is 2.48. The lowest BCUT2D eigenvalue weighted by molar-refractivity contribution is -0.524. The number of nitrogens with zero attached hydrogens (tertiary/aromatic N) is 1. The van der Waals surface area contributed by atoms with Gasteiger partial charge in [0.2, 0.25) is 6.04 Å². The molecule has 5 nitrogen and oxygen atoms in total. The Labute approximate surface area is 172 Å². The van der Waals surface area contributed by atoms with Crippen LogP contribution < -0.4 is 0 Å². The Bertz CT molecular complexity index is 491. The van der Waals surface area contributed by atoms with Crippen LogP contribution in [0.25, 0.3) is 0 Å². The summed E-state index contributed by atoms with van der Waals surface area (Å²) in [7, 11) is 0. The standard InChI is InChI=1S/C20H31Cl2NO4/c1-2-3-4-5-6-7-15(23(25)26)9-10-18(24)20-14-8-11-19(27-20)16(12-14)17(22)13-21/h14-17,19H,1-13H2. The van der Waals surface area contributed by atoms with Crippen LogP contribution in [0.2, 0.25) is 0 Å². The summed E-state index contributed by atoms with van der Waals surface area (Å²) in [5, 5.41) is 11.2. The van der Waals surface area contributed by atoms with Crippen LogP contribution in [0.15, 0.2) is 0 Å². The van der Waals surface area contributed by atoms with Crippen molar-refractivity contribution in [3.05, 3.63) is 23.1 Å². The van der Waals surface area contributed by atoms with Gasteiger partial charge in [0.1, 0.15) is 0 Å². The Hall–Kier alpha value is -0.390. The summed E-state index contributed by atoms with van der Waals surface area (Å²) < 4.78 is 5.95. The molecule has 0 aromatic rings. The summed E-state index contributed by atoms with van der Waals surface area (Å²) in [6.07, 6.45) is 8.99. The van der Waals surface area contributed by atoms with Gasteiger partial charge in [0.25, 0.3) is 0 Å². The predicted molar refractivity (Wildman–Crippen MR) is 107 cm³/mol. The fourth-order valence-corrected chi connectivity index (χ4v) is 4.79. The van der Waals surface area contributed by atoms with E-state index in [2.05, 4.69) is 6.92 Å². The average molecular weight is 420 g/mol. The number of rotatable bonds is 13. The van der Waals surface area contributed by atoms with Crippen molar-refractivity contribution < 1.29 is 14.5 Å². The number of carbonyl (C=O) groups excluding carboxylic acids is 1. The van der Waals surface area contributed by atoms with Gasteiger partial charge in [-0.3, -0.25) is 14.9 Å². The Morgan fingerprint density at radius 1 is 1.26 bits per heavy atom. The topological polar surface area (TPSA) is 69.4 Å². The summed E-state index contributed by atoms with van der Waals surface area (Å²) in [5.41, 5.74) is 0. The van der Waals surface area contributed by atoms with Gasteiger partial charge >= 0.3 is 0 Å². The van der Waals surface area contributed by atoms with Gasteiger partial charge in [-0.15, -0.1) is 23.2 Å². The Balaban J connectivity index is 1.78. The maximum Gasteiger partial charge on any atom is 0.213 e. The molecule has 5 unspecified atom stereocenters. The molecule has 3 rings (SSSR count). The molecule has 0 N–H and O–H groups in total. The Morgan fingerprint density at radius 2 is 2.00 bits per heavy atom. The molecule has 5 atom stereocenters. The zero-order valence-electron chi connectivity index (χ0n) is 15.9. The molecular weight excluding hydrogens is 389 g/mol. The van der Waals surface area contributed by atoms with Crippen molar-refractivity contribution in [1.82, 2.24) is 0 Å². The summed E-state index contributed by atoms with van der Waals surface area (Å²) >= 11 is 12.2. The molecule has 0 spiro atoms. The van der Waals surface area contributed by atoms with E-state index in [-0.39, 0.29) is 46.9 Å².